The summed E-state index contributed by atoms with van der Waals surface area (Å²) < 4.78 is 4.99. The van der Waals surface area contributed by atoms with E-state index in [0.29, 0.717) is 11.3 Å². The van der Waals surface area contributed by atoms with Crippen LogP contribution in [0.1, 0.15) is 11.1 Å². The van der Waals surface area contributed by atoms with Gasteiger partial charge >= 0.3 is 0 Å². The highest BCUT2D eigenvalue weighted by Gasteiger charge is 2.39. The summed E-state index contributed by atoms with van der Waals surface area (Å²) in [5, 5.41) is 13.9. The molecule has 0 saturated heterocycles. The smallest absolute Gasteiger partial charge is 0.278 e. The summed E-state index contributed by atoms with van der Waals surface area (Å²) in [6.45, 7) is 2.25. The number of aryl methyl sites for hydroxylation is 1. The molecule has 0 radical (unpaired) electrons. The van der Waals surface area contributed by atoms with E-state index in [-0.39, 0.29) is 30.1 Å². The second-order valence-electron chi connectivity index (χ2n) is 6.30. The SMILES string of the molecule is COCCN1C(=O)C(Nc2cccc(C)c2)=C(c2ccc([N+](=O)[O-])cc2)C1=O. The van der Waals surface area contributed by atoms with Gasteiger partial charge < -0.3 is 10.1 Å². The molecule has 0 spiro atoms. The van der Waals surface area contributed by atoms with Crippen LogP contribution in [0.3, 0.4) is 0 Å². The van der Waals surface area contributed by atoms with Crippen LogP contribution in [0.25, 0.3) is 5.57 Å². The Morgan fingerprint density at radius 1 is 1.11 bits per heavy atom. The van der Waals surface area contributed by atoms with E-state index >= 15 is 0 Å². The Hall–Kier alpha value is -3.52. The second-order valence-corrected chi connectivity index (χ2v) is 6.30. The van der Waals surface area contributed by atoms with Crippen molar-refractivity contribution >= 4 is 28.8 Å². The van der Waals surface area contributed by atoms with Crippen molar-refractivity contribution in [2.24, 2.45) is 0 Å². The van der Waals surface area contributed by atoms with Crippen molar-refractivity contribution in [2.45, 2.75) is 6.92 Å². The van der Waals surface area contributed by atoms with E-state index in [4.69, 9.17) is 4.74 Å². The lowest BCUT2D eigenvalue weighted by Crippen LogP contribution is -2.35. The summed E-state index contributed by atoms with van der Waals surface area (Å²) in [7, 11) is 1.49. The number of benzene rings is 2. The molecule has 2 amide bonds. The molecule has 0 bridgehead atoms. The summed E-state index contributed by atoms with van der Waals surface area (Å²) in [5.41, 5.74) is 2.32. The quantitative estimate of drug-likeness (QED) is 0.449. The Morgan fingerprint density at radius 3 is 2.43 bits per heavy atom. The minimum Gasteiger partial charge on any atom is -0.383 e. The number of imide groups is 1. The molecule has 1 heterocycles. The monoisotopic (exact) mass is 381 g/mol. The molecular formula is C20H19N3O5. The molecule has 8 nitrogen and oxygen atoms in total. The zero-order valence-corrected chi connectivity index (χ0v) is 15.5. The van der Waals surface area contributed by atoms with E-state index < -0.39 is 16.7 Å². The van der Waals surface area contributed by atoms with Gasteiger partial charge in [0.1, 0.15) is 5.70 Å². The van der Waals surface area contributed by atoms with Crippen LogP contribution < -0.4 is 5.32 Å². The van der Waals surface area contributed by atoms with Crippen LogP contribution >= 0.6 is 0 Å². The molecule has 0 unspecified atom stereocenters. The second kappa shape index (κ2) is 8.01. The van der Waals surface area contributed by atoms with Gasteiger partial charge in [0.05, 0.1) is 23.6 Å². The summed E-state index contributed by atoms with van der Waals surface area (Å²) in [6, 6.07) is 13.0. The van der Waals surface area contributed by atoms with Crippen LogP contribution in [0.15, 0.2) is 54.2 Å². The van der Waals surface area contributed by atoms with Gasteiger partial charge in [-0.05, 0) is 42.3 Å². The van der Waals surface area contributed by atoms with Gasteiger partial charge in [-0.1, -0.05) is 12.1 Å². The first-order valence-corrected chi connectivity index (χ1v) is 8.60. The molecule has 2 aromatic carbocycles. The summed E-state index contributed by atoms with van der Waals surface area (Å²) in [4.78, 5) is 37.3. The maximum absolute atomic E-state index is 12.9. The standard InChI is InChI=1S/C20H19N3O5/c1-13-4-3-5-15(12-13)21-18-17(14-6-8-16(9-7-14)23(26)27)19(24)22(20(18)25)10-11-28-2/h3-9,12,21H,10-11H2,1-2H3. The van der Waals surface area contributed by atoms with Gasteiger partial charge in [0, 0.05) is 24.9 Å². The fraction of sp³-hybridized carbons (Fsp3) is 0.200. The molecule has 28 heavy (non-hydrogen) atoms. The third-order valence-corrected chi connectivity index (χ3v) is 4.34. The average Bonchev–Trinajstić information content (AvgIpc) is 2.90. The van der Waals surface area contributed by atoms with Crippen molar-refractivity contribution < 1.29 is 19.2 Å². The Morgan fingerprint density at radius 2 is 1.82 bits per heavy atom. The lowest BCUT2D eigenvalue weighted by molar-refractivity contribution is -0.384. The molecule has 0 fully saturated rings. The van der Waals surface area contributed by atoms with Crippen molar-refractivity contribution in [3.63, 3.8) is 0 Å². The predicted octanol–water partition coefficient (Wildman–Crippen LogP) is 2.74. The van der Waals surface area contributed by atoms with E-state index in [0.717, 1.165) is 10.5 Å². The molecule has 3 rings (SSSR count). The van der Waals surface area contributed by atoms with Crippen LogP contribution in [-0.4, -0.2) is 41.9 Å². The van der Waals surface area contributed by atoms with Crippen LogP contribution in [-0.2, 0) is 14.3 Å². The normalized spacial score (nSPS) is 14.0. The third kappa shape index (κ3) is 3.77. The Labute approximate surface area is 161 Å². The molecule has 0 saturated carbocycles. The highest BCUT2D eigenvalue weighted by molar-refractivity contribution is 6.36. The van der Waals surface area contributed by atoms with E-state index in [2.05, 4.69) is 5.32 Å². The molecular weight excluding hydrogens is 362 g/mol. The van der Waals surface area contributed by atoms with Crippen molar-refractivity contribution in [1.29, 1.82) is 0 Å². The number of nitrogens with zero attached hydrogens (tertiary/aromatic N) is 2. The van der Waals surface area contributed by atoms with Gasteiger partial charge in [0.2, 0.25) is 0 Å². The summed E-state index contributed by atoms with van der Waals surface area (Å²) in [5.74, 6) is -0.928. The molecule has 1 aliphatic heterocycles. The van der Waals surface area contributed by atoms with Gasteiger partial charge in [-0.25, -0.2) is 0 Å². The highest BCUT2D eigenvalue weighted by atomic mass is 16.6. The number of hydrogen-bond acceptors (Lipinski definition) is 6. The minimum atomic E-state index is -0.517. The Kier molecular flexibility index (Phi) is 5.51. The van der Waals surface area contributed by atoms with Crippen molar-refractivity contribution in [1.82, 2.24) is 4.90 Å². The number of carbonyl (C=O) groups excluding carboxylic acids is 2. The number of nitrogens with one attached hydrogen (secondary N) is 1. The van der Waals surface area contributed by atoms with E-state index in [1.54, 1.807) is 6.07 Å². The zero-order chi connectivity index (χ0) is 20.3. The number of non-ortho nitro benzene ring substituents is 1. The zero-order valence-electron chi connectivity index (χ0n) is 15.5. The highest BCUT2D eigenvalue weighted by Crippen LogP contribution is 2.31. The van der Waals surface area contributed by atoms with Gasteiger partial charge in [-0.2, -0.15) is 0 Å². The summed E-state index contributed by atoms with van der Waals surface area (Å²) in [6.07, 6.45) is 0. The number of anilines is 1. The van der Waals surface area contributed by atoms with Crippen molar-refractivity contribution in [3.05, 3.63) is 75.5 Å². The van der Waals surface area contributed by atoms with Crippen LogP contribution in [0.4, 0.5) is 11.4 Å². The van der Waals surface area contributed by atoms with E-state index in [9.17, 15) is 19.7 Å². The first kappa shape index (κ1) is 19.2. The molecule has 0 atom stereocenters. The largest absolute Gasteiger partial charge is 0.383 e. The van der Waals surface area contributed by atoms with E-state index in [1.165, 1.54) is 31.4 Å². The van der Waals surface area contributed by atoms with Crippen LogP contribution in [0, 0.1) is 17.0 Å². The third-order valence-electron chi connectivity index (χ3n) is 4.34. The lowest BCUT2D eigenvalue weighted by Gasteiger charge is -2.14. The minimum absolute atomic E-state index is 0.0921. The fourth-order valence-corrected chi connectivity index (χ4v) is 2.96. The molecule has 144 valence electrons. The van der Waals surface area contributed by atoms with Crippen molar-refractivity contribution in [3.8, 4) is 0 Å². The first-order valence-electron chi connectivity index (χ1n) is 8.60. The van der Waals surface area contributed by atoms with Gasteiger partial charge in [-0.15, -0.1) is 0 Å². The average molecular weight is 381 g/mol. The molecule has 2 aromatic rings. The number of hydrogen-bond donors (Lipinski definition) is 1. The number of rotatable bonds is 7. The number of ether oxygens (including phenoxy) is 1. The van der Waals surface area contributed by atoms with Crippen LogP contribution in [0.5, 0.6) is 0 Å². The molecule has 1 N–H and O–H groups in total. The maximum atomic E-state index is 12.9. The Bertz CT molecular complexity index is 966. The fourth-order valence-electron chi connectivity index (χ4n) is 2.96. The predicted molar refractivity (Wildman–Crippen MR) is 103 cm³/mol. The Balaban J connectivity index is 2.04. The topological polar surface area (TPSA) is 102 Å². The van der Waals surface area contributed by atoms with Crippen molar-refractivity contribution in [2.75, 3.05) is 25.6 Å². The van der Waals surface area contributed by atoms with Gasteiger partial charge in [0.25, 0.3) is 17.5 Å². The molecule has 1 aliphatic rings. The maximum Gasteiger partial charge on any atom is 0.278 e. The number of methoxy groups -OCH3 is 1. The molecule has 8 heteroatoms. The molecule has 0 aromatic heterocycles. The number of amides is 2. The number of nitro groups is 1. The van der Waals surface area contributed by atoms with E-state index in [1.807, 2.05) is 25.1 Å². The van der Waals surface area contributed by atoms with Gasteiger partial charge in [-0.3, -0.25) is 24.6 Å². The number of nitro benzene ring substituents is 1. The number of carbonyl (C=O) groups is 2. The first-order chi connectivity index (χ1) is 13.4. The lowest BCUT2D eigenvalue weighted by atomic mass is 10.0. The molecule has 0 aliphatic carbocycles. The summed E-state index contributed by atoms with van der Waals surface area (Å²) >= 11 is 0. The van der Waals surface area contributed by atoms with Gasteiger partial charge in [0.15, 0.2) is 0 Å². The van der Waals surface area contributed by atoms with Crippen LogP contribution in [0.2, 0.25) is 0 Å².